The average Bonchev–Trinajstić information content (AvgIpc) is 2.14. The van der Waals surface area contributed by atoms with E-state index in [1.54, 1.807) is 13.8 Å². The molecule has 1 rings (SSSR count). The van der Waals surface area contributed by atoms with Gasteiger partial charge >= 0.3 is 0 Å². The van der Waals surface area contributed by atoms with E-state index in [0.717, 1.165) is 6.26 Å². The van der Waals surface area contributed by atoms with Gasteiger partial charge in [-0.05, 0) is 37.1 Å². The minimum atomic E-state index is -3.29. The third kappa shape index (κ3) is 2.81. The van der Waals surface area contributed by atoms with Crippen LogP contribution in [0.1, 0.15) is 25.0 Å². The summed E-state index contributed by atoms with van der Waals surface area (Å²) in [5.74, 6) is 0. The fourth-order valence-electron chi connectivity index (χ4n) is 1.53. The van der Waals surface area contributed by atoms with Crippen LogP contribution >= 0.6 is 0 Å². The second-order valence-corrected chi connectivity index (χ2v) is 6.32. The molecule has 0 unspecified atom stereocenters. The Bertz CT molecular complexity index is 483. The monoisotopic (exact) mass is 244 g/mol. The van der Waals surface area contributed by atoms with Gasteiger partial charge in [-0.25, -0.2) is 8.42 Å². The van der Waals surface area contributed by atoms with Crippen LogP contribution in [0.4, 0.5) is 0 Å². The molecule has 0 aliphatic rings. The molecule has 0 heterocycles. The van der Waals surface area contributed by atoms with E-state index in [1.165, 1.54) is 18.2 Å². The van der Waals surface area contributed by atoms with Crippen LogP contribution < -0.4 is 0 Å². The number of aliphatic hydroxyl groups is 2. The molecule has 90 valence electrons. The van der Waals surface area contributed by atoms with Crippen LogP contribution in [0.5, 0.6) is 0 Å². The van der Waals surface area contributed by atoms with Gasteiger partial charge in [-0.15, -0.1) is 0 Å². The SMILES string of the molecule is CC(C)(O)c1ccc(S(C)(=O)=O)cc1CO. The minimum absolute atomic E-state index is 0.143. The molecule has 0 aliphatic carbocycles. The normalized spacial score (nSPS) is 12.8. The zero-order valence-electron chi connectivity index (χ0n) is 9.56. The number of hydrogen-bond acceptors (Lipinski definition) is 4. The Morgan fingerprint density at radius 3 is 2.25 bits per heavy atom. The van der Waals surface area contributed by atoms with Crippen molar-refractivity contribution < 1.29 is 18.6 Å². The van der Waals surface area contributed by atoms with Gasteiger partial charge in [0.2, 0.25) is 0 Å². The molecule has 0 radical (unpaired) electrons. The molecule has 0 saturated carbocycles. The quantitative estimate of drug-likeness (QED) is 0.825. The lowest BCUT2D eigenvalue weighted by Crippen LogP contribution is -2.18. The molecule has 0 saturated heterocycles. The second kappa shape index (κ2) is 4.16. The summed E-state index contributed by atoms with van der Waals surface area (Å²) in [6.45, 7) is 2.87. The lowest BCUT2D eigenvalue weighted by atomic mass is 9.93. The van der Waals surface area contributed by atoms with Crippen molar-refractivity contribution in [3.63, 3.8) is 0 Å². The third-order valence-electron chi connectivity index (χ3n) is 2.33. The predicted octanol–water partition coefficient (Wildman–Crippen LogP) is 0.810. The van der Waals surface area contributed by atoms with Crippen LogP contribution in [-0.4, -0.2) is 24.9 Å². The summed E-state index contributed by atoms with van der Waals surface area (Å²) in [4.78, 5) is 0.143. The van der Waals surface area contributed by atoms with E-state index >= 15 is 0 Å². The predicted molar refractivity (Wildman–Crippen MR) is 60.7 cm³/mol. The minimum Gasteiger partial charge on any atom is -0.392 e. The zero-order chi connectivity index (χ0) is 12.6. The van der Waals surface area contributed by atoms with Gasteiger partial charge in [-0.3, -0.25) is 0 Å². The summed E-state index contributed by atoms with van der Waals surface area (Å²) in [6, 6.07) is 4.35. The molecule has 0 amide bonds. The van der Waals surface area contributed by atoms with E-state index in [4.69, 9.17) is 5.11 Å². The summed E-state index contributed by atoms with van der Waals surface area (Å²) in [5.41, 5.74) is -0.147. The van der Waals surface area contributed by atoms with Gasteiger partial charge in [-0.1, -0.05) is 6.07 Å². The molecule has 0 aliphatic heterocycles. The highest BCUT2D eigenvalue weighted by molar-refractivity contribution is 7.90. The molecule has 1 aromatic rings. The summed E-state index contributed by atoms with van der Waals surface area (Å²) in [5, 5.41) is 19.0. The standard InChI is InChI=1S/C11H16O4S/c1-11(2,13)10-5-4-9(16(3,14)15)6-8(10)7-12/h4-6,12-13H,7H2,1-3H3. The fraction of sp³-hybridized carbons (Fsp3) is 0.455. The van der Waals surface area contributed by atoms with Crippen LogP contribution in [0.3, 0.4) is 0 Å². The Hall–Kier alpha value is -0.910. The second-order valence-electron chi connectivity index (χ2n) is 4.31. The number of aliphatic hydroxyl groups excluding tert-OH is 1. The van der Waals surface area contributed by atoms with Crippen LogP contribution in [0.15, 0.2) is 23.1 Å². The zero-order valence-corrected chi connectivity index (χ0v) is 10.4. The molecular weight excluding hydrogens is 228 g/mol. The maximum atomic E-state index is 11.3. The highest BCUT2D eigenvalue weighted by Crippen LogP contribution is 2.26. The van der Waals surface area contributed by atoms with Crippen LogP contribution in [-0.2, 0) is 22.0 Å². The van der Waals surface area contributed by atoms with Crippen LogP contribution in [0.25, 0.3) is 0 Å². The summed E-state index contributed by atoms with van der Waals surface area (Å²) < 4.78 is 22.6. The summed E-state index contributed by atoms with van der Waals surface area (Å²) in [7, 11) is -3.29. The van der Waals surface area contributed by atoms with Crippen molar-refractivity contribution >= 4 is 9.84 Å². The van der Waals surface area contributed by atoms with Gasteiger partial charge in [0.25, 0.3) is 0 Å². The van der Waals surface area contributed by atoms with Crippen LogP contribution in [0.2, 0.25) is 0 Å². The van der Waals surface area contributed by atoms with Crippen molar-refractivity contribution in [2.24, 2.45) is 0 Å². The van der Waals surface area contributed by atoms with E-state index < -0.39 is 15.4 Å². The Morgan fingerprint density at radius 1 is 1.31 bits per heavy atom. The Labute approximate surface area is 95.5 Å². The first-order valence-electron chi connectivity index (χ1n) is 4.83. The Balaban J connectivity index is 3.40. The molecule has 4 nitrogen and oxygen atoms in total. The Kier molecular flexibility index (Phi) is 3.42. The van der Waals surface area contributed by atoms with Gasteiger partial charge in [-0.2, -0.15) is 0 Å². The van der Waals surface area contributed by atoms with Gasteiger partial charge in [0, 0.05) is 6.26 Å². The van der Waals surface area contributed by atoms with Gasteiger partial charge in [0.1, 0.15) is 0 Å². The third-order valence-corrected chi connectivity index (χ3v) is 3.44. The lowest BCUT2D eigenvalue weighted by molar-refractivity contribution is 0.0759. The van der Waals surface area contributed by atoms with Crippen molar-refractivity contribution in [3.8, 4) is 0 Å². The first-order valence-corrected chi connectivity index (χ1v) is 6.72. The van der Waals surface area contributed by atoms with E-state index in [2.05, 4.69) is 0 Å². The van der Waals surface area contributed by atoms with E-state index in [-0.39, 0.29) is 11.5 Å². The number of sulfone groups is 1. The fourth-order valence-corrected chi connectivity index (χ4v) is 2.20. The Morgan fingerprint density at radius 2 is 1.88 bits per heavy atom. The first-order chi connectivity index (χ1) is 7.16. The molecule has 16 heavy (non-hydrogen) atoms. The molecular formula is C11H16O4S. The molecule has 2 N–H and O–H groups in total. The highest BCUT2D eigenvalue weighted by Gasteiger charge is 2.21. The van der Waals surface area contributed by atoms with E-state index in [0.29, 0.717) is 11.1 Å². The molecule has 5 heteroatoms. The molecule has 0 aromatic heterocycles. The number of benzene rings is 1. The van der Waals surface area contributed by atoms with Crippen molar-refractivity contribution in [3.05, 3.63) is 29.3 Å². The topological polar surface area (TPSA) is 74.6 Å². The number of hydrogen-bond donors (Lipinski definition) is 2. The maximum Gasteiger partial charge on any atom is 0.175 e. The molecule has 0 fully saturated rings. The van der Waals surface area contributed by atoms with Crippen molar-refractivity contribution in [2.75, 3.05) is 6.26 Å². The molecule has 1 aromatic carbocycles. The maximum absolute atomic E-state index is 11.3. The molecule has 0 spiro atoms. The smallest absolute Gasteiger partial charge is 0.175 e. The lowest BCUT2D eigenvalue weighted by Gasteiger charge is -2.21. The molecule has 0 bridgehead atoms. The average molecular weight is 244 g/mol. The van der Waals surface area contributed by atoms with E-state index in [9.17, 15) is 13.5 Å². The largest absolute Gasteiger partial charge is 0.392 e. The van der Waals surface area contributed by atoms with Crippen molar-refractivity contribution in [2.45, 2.75) is 31.0 Å². The van der Waals surface area contributed by atoms with Gasteiger partial charge < -0.3 is 10.2 Å². The highest BCUT2D eigenvalue weighted by atomic mass is 32.2. The first kappa shape index (κ1) is 13.2. The molecule has 0 atom stereocenters. The van der Waals surface area contributed by atoms with Crippen molar-refractivity contribution in [1.29, 1.82) is 0 Å². The van der Waals surface area contributed by atoms with Gasteiger partial charge in [0.15, 0.2) is 9.84 Å². The van der Waals surface area contributed by atoms with Crippen molar-refractivity contribution in [1.82, 2.24) is 0 Å². The van der Waals surface area contributed by atoms with Crippen LogP contribution in [0, 0.1) is 0 Å². The number of rotatable bonds is 3. The summed E-state index contributed by atoms with van der Waals surface area (Å²) in [6.07, 6.45) is 1.10. The van der Waals surface area contributed by atoms with Gasteiger partial charge in [0.05, 0.1) is 17.1 Å². The summed E-state index contributed by atoms with van der Waals surface area (Å²) >= 11 is 0. The van der Waals surface area contributed by atoms with E-state index in [1.807, 2.05) is 0 Å².